The molecule has 1 aromatic heterocycles. The van der Waals surface area contributed by atoms with Crippen LogP contribution in [0.5, 0.6) is 0 Å². The number of anilines is 1. The Kier molecular flexibility index (Phi) is 6.06. The molecular weight excluding hydrogens is 351 g/mol. The first-order chi connectivity index (χ1) is 11.5. The molecule has 0 saturated heterocycles. The van der Waals surface area contributed by atoms with Crippen LogP contribution < -0.4 is 4.90 Å². The van der Waals surface area contributed by atoms with Crippen molar-refractivity contribution in [3.8, 4) is 11.3 Å². The Balaban J connectivity index is 2.40. The van der Waals surface area contributed by atoms with Gasteiger partial charge < -0.3 is 14.4 Å². The summed E-state index contributed by atoms with van der Waals surface area (Å²) in [7, 11) is 4.46. The molecule has 0 saturated carbocycles. The molecular formula is C17H16Cl2N2O3. The second-order valence-corrected chi connectivity index (χ2v) is 5.61. The highest BCUT2D eigenvalue weighted by molar-refractivity contribution is 6.42. The Morgan fingerprint density at radius 1 is 1.17 bits per heavy atom. The van der Waals surface area contributed by atoms with Crippen LogP contribution in [0.3, 0.4) is 0 Å². The van der Waals surface area contributed by atoms with Crippen molar-refractivity contribution in [3.63, 3.8) is 0 Å². The van der Waals surface area contributed by atoms with Gasteiger partial charge in [0, 0.05) is 12.6 Å². The zero-order valence-corrected chi connectivity index (χ0v) is 14.9. The number of nitrogens with zero attached hydrogens (tertiary/aromatic N) is 2. The van der Waals surface area contributed by atoms with Gasteiger partial charge in [0.15, 0.2) is 5.70 Å². The van der Waals surface area contributed by atoms with E-state index in [9.17, 15) is 4.79 Å². The quantitative estimate of drug-likeness (QED) is 0.451. The van der Waals surface area contributed by atoms with E-state index in [0.29, 0.717) is 21.6 Å². The molecule has 1 aromatic carbocycles. The molecule has 0 amide bonds. The second kappa shape index (κ2) is 8.04. The topological polar surface area (TPSA) is 51.7 Å². The molecule has 0 N–H and O–H groups in total. The highest BCUT2D eigenvalue weighted by atomic mass is 35.5. The van der Waals surface area contributed by atoms with Crippen molar-refractivity contribution in [2.45, 2.75) is 0 Å². The van der Waals surface area contributed by atoms with Crippen molar-refractivity contribution >= 4 is 35.0 Å². The Morgan fingerprint density at radius 3 is 2.54 bits per heavy atom. The molecule has 1 heterocycles. The molecule has 0 aliphatic carbocycles. The molecule has 0 fully saturated rings. The summed E-state index contributed by atoms with van der Waals surface area (Å²) in [6.07, 6.45) is 1.30. The summed E-state index contributed by atoms with van der Waals surface area (Å²) in [5.41, 5.74) is 1.73. The first-order valence-electron chi connectivity index (χ1n) is 6.95. The number of carbonyl (C=O) groups is 1. The average molecular weight is 367 g/mol. The van der Waals surface area contributed by atoms with E-state index in [0.717, 1.165) is 5.56 Å². The molecule has 0 bridgehead atoms. The summed E-state index contributed by atoms with van der Waals surface area (Å²) < 4.78 is 9.71. The van der Waals surface area contributed by atoms with Gasteiger partial charge >= 0.3 is 5.97 Å². The zero-order chi connectivity index (χ0) is 17.7. The van der Waals surface area contributed by atoms with Crippen molar-refractivity contribution in [1.29, 1.82) is 0 Å². The number of ether oxygens (including phenoxy) is 2. The number of aromatic nitrogens is 1. The summed E-state index contributed by atoms with van der Waals surface area (Å²) in [6, 6.07) is 10.7. The van der Waals surface area contributed by atoms with E-state index in [1.807, 2.05) is 18.2 Å². The maximum Gasteiger partial charge on any atom is 0.357 e. The van der Waals surface area contributed by atoms with Gasteiger partial charge in [-0.25, -0.2) is 9.78 Å². The van der Waals surface area contributed by atoms with E-state index in [4.69, 9.17) is 32.7 Å². The van der Waals surface area contributed by atoms with E-state index in [-0.39, 0.29) is 5.70 Å². The number of benzene rings is 1. The van der Waals surface area contributed by atoms with Crippen molar-refractivity contribution in [2.75, 3.05) is 26.2 Å². The van der Waals surface area contributed by atoms with Gasteiger partial charge in [-0.05, 0) is 24.3 Å². The summed E-state index contributed by atoms with van der Waals surface area (Å²) in [5, 5.41) is 0.925. The number of pyridine rings is 1. The third-order valence-electron chi connectivity index (χ3n) is 3.28. The van der Waals surface area contributed by atoms with Crippen molar-refractivity contribution in [2.24, 2.45) is 0 Å². The van der Waals surface area contributed by atoms with Crippen molar-refractivity contribution < 1.29 is 14.3 Å². The maximum absolute atomic E-state index is 11.9. The monoisotopic (exact) mass is 366 g/mol. The lowest BCUT2D eigenvalue weighted by atomic mass is 10.1. The van der Waals surface area contributed by atoms with Gasteiger partial charge in [-0.3, -0.25) is 0 Å². The predicted molar refractivity (Wildman–Crippen MR) is 95.2 cm³/mol. The van der Waals surface area contributed by atoms with Gasteiger partial charge in [0.1, 0.15) is 12.1 Å². The number of hydrogen-bond donors (Lipinski definition) is 0. The number of esters is 1. The highest BCUT2D eigenvalue weighted by Crippen LogP contribution is 2.28. The van der Waals surface area contributed by atoms with Crippen molar-refractivity contribution in [3.05, 3.63) is 58.4 Å². The molecule has 0 spiro atoms. The third-order valence-corrected chi connectivity index (χ3v) is 4.02. The van der Waals surface area contributed by atoms with Gasteiger partial charge in [0.2, 0.25) is 0 Å². The Hall–Kier alpha value is -2.24. The van der Waals surface area contributed by atoms with Crippen LogP contribution in [0.2, 0.25) is 10.0 Å². The lowest BCUT2D eigenvalue weighted by Gasteiger charge is -2.20. The minimum atomic E-state index is -0.527. The van der Waals surface area contributed by atoms with E-state index < -0.39 is 5.97 Å². The van der Waals surface area contributed by atoms with Crippen LogP contribution in [0.4, 0.5) is 5.82 Å². The minimum absolute atomic E-state index is 0.221. The zero-order valence-electron chi connectivity index (χ0n) is 13.4. The van der Waals surface area contributed by atoms with E-state index >= 15 is 0 Å². The number of hydrogen-bond acceptors (Lipinski definition) is 5. The SMILES string of the molecule is COC=C(C(=O)OC)N(C)c1cccc(-c2ccc(Cl)c(Cl)c2)n1. The number of carbonyl (C=O) groups excluding carboxylic acids is 1. The summed E-state index contributed by atoms with van der Waals surface area (Å²) in [4.78, 5) is 18.0. The molecule has 0 unspecified atom stereocenters. The number of rotatable bonds is 5. The number of halogens is 2. The molecule has 7 heteroatoms. The number of methoxy groups -OCH3 is 2. The molecule has 126 valence electrons. The van der Waals surface area contributed by atoms with Gasteiger partial charge in [-0.15, -0.1) is 0 Å². The Bertz CT molecular complexity index is 778. The van der Waals surface area contributed by atoms with Crippen LogP contribution in [0.15, 0.2) is 48.4 Å². The fraction of sp³-hybridized carbons (Fsp3) is 0.176. The van der Waals surface area contributed by atoms with Crippen LogP contribution in [0.1, 0.15) is 0 Å². The fourth-order valence-corrected chi connectivity index (χ4v) is 2.33. The van der Waals surface area contributed by atoms with Gasteiger partial charge in [0.05, 0.1) is 30.0 Å². The molecule has 0 radical (unpaired) electrons. The third kappa shape index (κ3) is 3.99. The molecule has 24 heavy (non-hydrogen) atoms. The largest absolute Gasteiger partial charge is 0.502 e. The summed E-state index contributed by atoms with van der Waals surface area (Å²) in [6.45, 7) is 0. The summed E-state index contributed by atoms with van der Waals surface area (Å²) in [5.74, 6) is 0.0216. The fourth-order valence-electron chi connectivity index (χ4n) is 2.03. The lowest BCUT2D eigenvalue weighted by Crippen LogP contribution is -2.25. The predicted octanol–water partition coefficient (Wildman–Crippen LogP) is 4.15. The molecule has 5 nitrogen and oxygen atoms in total. The van der Waals surface area contributed by atoms with E-state index in [2.05, 4.69) is 4.98 Å². The van der Waals surface area contributed by atoms with Crippen LogP contribution >= 0.6 is 23.2 Å². The molecule has 0 aliphatic heterocycles. The molecule has 0 aliphatic rings. The summed E-state index contributed by atoms with van der Waals surface area (Å²) >= 11 is 12.0. The second-order valence-electron chi connectivity index (χ2n) is 4.80. The van der Waals surface area contributed by atoms with E-state index in [1.165, 1.54) is 20.5 Å². The van der Waals surface area contributed by atoms with Gasteiger partial charge in [-0.1, -0.05) is 35.3 Å². The molecule has 2 aromatic rings. The Labute approximate surface area is 150 Å². The smallest absolute Gasteiger partial charge is 0.357 e. The minimum Gasteiger partial charge on any atom is -0.502 e. The van der Waals surface area contributed by atoms with Gasteiger partial charge in [0.25, 0.3) is 0 Å². The number of likely N-dealkylation sites (N-methyl/N-ethyl adjacent to an activating group) is 1. The van der Waals surface area contributed by atoms with Crippen LogP contribution in [0, 0.1) is 0 Å². The first kappa shape index (κ1) is 18.1. The maximum atomic E-state index is 11.9. The standard InChI is InChI=1S/C17H16Cl2N2O3/c1-21(15(10-23-2)17(22)24-3)16-6-4-5-14(20-16)11-7-8-12(18)13(19)9-11/h4-10H,1-3H3. The average Bonchev–Trinajstić information content (AvgIpc) is 2.61. The van der Waals surface area contributed by atoms with Crippen molar-refractivity contribution in [1.82, 2.24) is 4.98 Å². The molecule has 2 rings (SSSR count). The van der Waals surface area contributed by atoms with Crippen LogP contribution in [0.25, 0.3) is 11.3 Å². The normalized spacial score (nSPS) is 11.1. The first-order valence-corrected chi connectivity index (χ1v) is 7.71. The van der Waals surface area contributed by atoms with Crippen LogP contribution in [-0.4, -0.2) is 32.2 Å². The van der Waals surface area contributed by atoms with E-state index in [1.54, 1.807) is 30.1 Å². The highest BCUT2D eigenvalue weighted by Gasteiger charge is 2.18. The van der Waals surface area contributed by atoms with Gasteiger partial charge in [-0.2, -0.15) is 0 Å². The van der Waals surface area contributed by atoms with Crippen LogP contribution in [-0.2, 0) is 14.3 Å². The lowest BCUT2D eigenvalue weighted by molar-refractivity contribution is -0.136. The molecule has 0 atom stereocenters. The Morgan fingerprint density at radius 2 is 1.92 bits per heavy atom.